The number of fused-ring (bicyclic) bond motifs is 1. The monoisotopic (exact) mass is 337 g/mol. The average Bonchev–Trinajstić information content (AvgIpc) is 3.24. The molecular weight excluding hydrogens is 322 g/mol. The molecule has 3 nitrogen and oxygen atoms in total. The molecule has 23 heavy (non-hydrogen) atoms. The Labute approximate surface area is 142 Å². The van der Waals surface area contributed by atoms with Crippen molar-refractivity contribution in [1.82, 2.24) is 9.97 Å². The van der Waals surface area contributed by atoms with Crippen LogP contribution in [0.1, 0.15) is 4.88 Å². The highest BCUT2D eigenvalue weighted by Crippen LogP contribution is 2.36. The number of thiophene rings is 2. The molecule has 0 unspecified atom stereocenters. The van der Waals surface area contributed by atoms with Gasteiger partial charge in [-0.3, -0.25) is 0 Å². The van der Waals surface area contributed by atoms with E-state index >= 15 is 0 Å². The van der Waals surface area contributed by atoms with E-state index in [9.17, 15) is 0 Å². The van der Waals surface area contributed by atoms with Crippen LogP contribution in [0.2, 0.25) is 0 Å². The largest absolute Gasteiger partial charge is 0.354 e. The molecule has 0 saturated heterocycles. The van der Waals surface area contributed by atoms with Gasteiger partial charge in [-0.05, 0) is 23.1 Å². The van der Waals surface area contributed by atoms with Gasteiger partial charge >= 0.3 is 0 Å². The molecule has 4 aromatic rings. The predicted octanol–water partition coefficient (Wildman–Crippen LogP) is 5.06. The Morgan fingerprint density at radius 2 is 1.91 bits per heavy atom. The highest BCUT2D eigenvalue weighted by atomic mass is 32.1. The van der Waals surface area contributed by atoms with E-state index < -0.39 is 0 Å². The Bertz CT molecular complexity index is 914. The van der Waals surface area contributed by atoms with Gasteiger partial charge in [0.2, 0.25) is 0 Å². The first-order chi connectivity index (χ1) is 11.3. The summed E-state index contributed by atoms with van der Waals surface area (Å²) < 4.78 is 0. The van der Waals surface area contributed by atoms with Gasteiger partial charge in [0, 0.05) is 16.8 Å². The number of rotatable bonds is 4. The summed E-state index contributed by atoms with van der Waals surface area (Å²) in [6.07, 6.45) is 1.66. The van der Waals surface area contributed by atoms with Crippen LogP contribution in [0, 0.1) is 0 Å². The summed E-state index contributed by atoms with van der Waals surface area (Å²) in [6.45, 7) is 0.861. The van der Waals surface area contributed by atoms with Crippen molar-refractivity contribution < 1.29 is 0 Å². The summed E-state index contributed by atoms with van der Waals surface area (Å²) in [4.78, 5) is 14.8. The molecule has 0 N–H and O–H groups in total. The van der Waals surface area contributed by atoms with Crippen molar-refractivity contribution in [2.75, 3.05) is 11.9 Å². The van der Waals surface area contributed by atoms with Gasteiger partial charge in [-0.25, -0.2) is 9.97 Å². The molecule has 0 radical (unpaired) electrons. The van der Waals surface area contributed by atoms with E-state index in [0.717, 1.165) is 22.6 Å². The van der Waals surface area contributed by atoms with Crippen molar-refractivity contribution in [2.24, 2.45) is 0 Å². The lowest BCUT2D eigenvalue weighted by Crippen LogP contribution is -2.17. The molecule has 0 aliphatic heterocycles. The maximum atomic E-state index is 4.52. The molecule has 0 bridgehead atoms. The van der Waals surface area contributed by atoms with Crippen molar-refractivity contribution >= 4 is 38.7 Å². The van der Waals surface area contributed by atoms with Crippen LogP contribution >= 0.6 is 22.7 Å². The third kappa shape index (κ3) is 2.85. The molecule has 3 heterocycles. The van der Waals surface area contributed by atoms with Crippen molar-refractivity contribution in [3.8, 4) is 10.4 Å². The summed E-state index contributed by atoms with van der Waals surface area (Å²) in [7, 11) is 2.08. The van der Waals surface area contributed by atoms with Crippen molar-refractivity contribution in [2.45, 2.75) is 6.54 Å². The fourth-order valence-electron chi connectivity index (χ4n) is 2.60. The van der Waals surface area contributed by atoms with Gasteiger partial charge in [-0.2, -0.15) is 0 Å². The number of benzene rings is 1. The molecule has 0 spiro atoms. The summed E-state index contributed by atoms with van der Waals surface area (Å²) in [5.74, 6) is 0.988. The topological polar surface area (TPSA) is 29.0 Å². The Morgan fingerprint density at radius 3 is 2.70 bits per heavy atom. The van der Waals surface area contributed by atoms with Crippen molar-refractivity contribution in [3.63, 3.8) is 0 Å². The molecule has 4 rings (SSSR count). The van der Waals surface area contributed by atoms with Crippen LogP contribution in [0.25, 0.3) is 20.7 Å². The van der Waals surface area contributed by atoms with E-state index in [2.05, 4.69) is 69.8 Å². The van der Waals surface area contributed by atoms with Crippen molar-refractivity contribution in [3.05, 3.63) is 65.1 Å². The number of hydrogen-bond acceptors (Lipinski definition) is 5. The van der Waals surface area contributed by atoms with Crippen LogP contribution in [0.5, 0.6) is 0 Å². The Hall–Kier alpha value is -2.24. The maximum Gasteiger partial charge on any atom is 0.140 e. The van der Waals surface area contributed by atoms with Gasteiger partial charge in [0.25, 0.3) is 0 Å². The Morgan fingerprint density at radius 1 is 1.04 bits per heavy atom. The molecule has 3 aromatic heterocycles. The lowest BCUT2D eigenvalue weighted by Gasteiger charge is -2.17. The Balaban J connectivity index is 1.74. The first kappa shape index (κ1) is 14.4. The van der Waals surface area contributed by atoms with E-state index in [-0.39, 0.29) is 0 Å². The van der Waals surface area contributed by atoms with Gasteiger partial charge in [0.15, 0.2) is 0 Å². The van der Waals surface area contributed by atoms with E-state index in [0.29, 0.717) is 0 Å². The smallest absolute Gasteiger partial charge is 0.140 e. The van der Waals surface area contributed by atoms with Crippen LogP contribution < -0.4 is 4.90 Å². The minimum absolute atomic E-state index is 0.861. The second kappa shape index (κ2) is 6.10. The first-order valence-corrected chi connectivity index (χ1v) is 9.04. The second-order valence-electron chi connectivity index (χ2n) is 5.33. The lowest BCUT2D eigenvalue weighted by atomic mass is 10.2. The number of aromatic nitrogens is 2. The molecule has 0 saturated carbocycles. The average molecular weight is 337 g/mol. The molecule has 114 valence electrons. The third-order valence-corrected chi connectivity index (χ3v) is 5.65. The highest BCUT2D eigenvalue weighted by molar-refractivity contribution is 7.21. The molecule has 0 amide bonds. The fourth-order valence-corrected chi connectivity index (χ4v) is 4.36. The van der Waals surface area contributed by atoms with Crippen LogP contribution in [0.3, 0.4) is 0 Å². The number of anilines is 1. The zero-order valence-electron chi connectivity index (χ0n) is 12.6. The molecule has 0 aliphatic rings. The summed E-state index contributed by atoms with van der Waals surface area (Å²) >= 11 is 3.49. The third-order valence-electron chi connectivity index (χ3n) is 3.70. The summed E-state index contributed by atoms with van der Waals surface area (Å²) in [6, 6.07) is 16.9. The fraction of sp³-hybridized carbons (Fsp3) is 0.111. The zero-order chi connectivity index (χ0) is 15.6. The Kier molecular flexibility index (Phi) is 3.81. The summed E-state index contributed by atoms with van der Waals surface area (Å²) in [5, 5.41) is 3.23. The van der Waals surface area contributed by atoms with Crippen LogP contribution in [0.4, 0.5) is 5.82 Å². The summed E-state index contributed by atoms with van der Waals surface area (Å²) in [5.41, 5.74) is 1.22. The van der Waals surface area contributed by atoms with Gasteiger partial charge in [0.05, 0.1) is 11.9 Å². The van der Waals surface area contributed by atoms with Gasteiger partial charge in [-0.15, -0.1) is 22.7 Å². The normalized spacial score (nSPS) is 11.0. The van der Waals surface area contributed by atoms with E-state index in [4.69, 9.17) is 0 Å². The van der Waals surface area contributed by atoms with E-state index in [1.165, 1.54) is 15.3 Å². The lowest BCUT2D eigenvalue weighted by molar-refractivity contribution is 0.915. The van der Waals surface area contributed by atoms with Crippen LogP contribution in [-0.2, 0) is 6.54 Å². The SMILES string of the molecule is CN(Cc1cccs1)c1ncnc2sc(-c3ccccc3)cc12. The molecule has 0 fully saturated rings. The second-order valence-corrected chi connectivity index (χ2v) is 7.39. The van der Waals surface area contributed by atoms with Crippen LogP contribution in [0.15, 0.2) is 60.2 Å². The standard InChI is InChI=1S/C18H15N3S2/c1-21(11-14-8-5-9-22-14)17-15-10-16(13-6-3-2-4-7-13)23-18(15)20-12-19-17/h2-10,12H,11H2,1H3. The van der Waals surface area contributed by atoms with E-state index in [1.807, 2.05) is 6.07 Å². The van der Waals surface area contributed by atoms with E-state index in [1.54, 1.807) is 29.0 Å². The van der Waals surface area contributed by atoms with Crippen LogP contribution in [-0.4, -0.2) is 17.0 Å². The quantitative estimate of drug-likeness (QED) is 0.521. The molecule has 0 aliphatic carbocycles. The number of nitrogens with zero attached hydrogens (tertiary/aromatic N) is 3. The molecule has 5 heteroatoms. The van der Waals surface area contributed by atoms with Gasteiger partial charge in [0.1, 0.15) is 17.0 Å². The van der Waals surface area contributed by atoms with Gasteiger partial charge < -0.3 is 4.90 Å². The zero-order valence-corrected chi connectivity index (χ0v) is 14.3. The molecular formula is C18H15N3S2. The molecule has 1 aromatic carbocycles. The first-order valence-electron chi connectivity index (χ1n) is 7.35. The minimum atomic E-state index is 0.861. The van der Waals surface area contributed by atoms with Gasteiger partial charge in [-0.1, -0.05) is 36.4 Å². The minimum Gasteiger partial charge on any atom is -0.354 e. The number of hydrogen-bond donors (Lipinski definition) is 0. The maximum absolute atomic E-state index is 4.52. The van der Waals surface area contributed by atoms with Crippen molar-refractivity contribution in [1.29, 1.82) is 0 Å². The highest BCUT2D eigenvalue weighted by Gasteiger charge is 2.13. The predicted molar refractivity (Wildman–Crippen MR) is 99.3 cm³/mol. The molecule has 0 atom stereocenters.